The first kappa shape index (κ1) is 17.7. The van der Waals surface area contributed by atoms with Crippen molar-refractivity contribution in [2.24, 2.45) is 0 Å². The van der Waals surface area contributed by atoms with E-state index in [-0.39, 0.29) is 5.91 Å². The van der Waals surface area contributed by atoms with Crippen molar-refractivity contribution in [2.75, 3.05) is 26.3 Å². The molecule has 1 aliphatic heterocycles. The number of nitrogens with zero attached hydrogens (tertiary/aromatic N) is 2. The third kappa shape index (κ3) is 5.80. The van der Waals surface area contributed by atoms with Gasteiger partial charge < -0.3 is 19.7 Å². The van der Waals surface area contributed by atoms with Crippen LogP contribution < -0.4 is 5.32 Å². The quantitative estimate of drug-likeness (QED) is 0.896. The molecule has 2 heterocycles. The van der Waals surface area contributed by atoms with Gasteiger partial charge in [-0.1, -0.05) is 0 Å². The molecule has 1 aromatic heterocycles. The summed E-state index contributed by atoms with van der Waals surface area (Å²) >= 11 is 1.46. The number of aromatic nitrogens is 1. The Morgan fingerprint density at radius 2 is 2.13 bits per heavy atom. The lowest BCUT2D eigenvalue weighted by molar-refractivity contribution is -0.137. The average Bonchev–Trinajstić information content (AvgIpc) is 2.98. The van der Waals surface area contributed by atoms with Crippen LogP contribution in [0.1, 0.15) is 26.5 Å². The van der Waals surface area contributed by atoms with Crippen molar-refractivity contribution >= 4 is 23.3 Å². The van der Waals surface area contributed by atoms with Gasteiger partial charge in [0, 0.05) is 24.9 Å². The standard InChI is InChI=1S/C15H23N3O4S/c1-15(2,3)22-14(20)17-12(8-11-9-23-10-16-11)13(19)18-4-6-21-7-5-18/h9-10,12H,4-8H2,1-3H3,(H,17,20)/t12-/m0/s1. The molecule has 0 aromatic carbocycles. The Kier molecular flexibility index (Phi) is 5.95. The summed E-state index contributed by atoms with van der Waals surface area (Å²) in [7, 11) is 0. The Morgan fingerprint density at radius 1 is 1.43 bits per heavy atom. The van der Waals surface area contributed by atoms with E-state index in [1.165, 1.54) is 11.3 Å². The highest BCUT2D eigenvalue weighted by atomic mass is 32.1. The molecule has 1 atom stereocenters. The summed E-state index contributed by atoms with van der Waals surface area (Å²) in [5, 5.41) is 4.55. The Hall–Kier alpha value is -1.67. The lowest BCUT2D eigenvalue weighted by Crippen LogP contribution is -2.53. The molecule has 1 fully saturated rings. The number of ether oxygens (including phenoxy) is 2. The molecule has 2 rings (SSSR count). The fourth-order valence-electron chi connectivity index (χ4n) is 2.20. The van der Waals surface area contributed by atoms with Gasteiger partial charge in [0.15, 0.2) is 0 Å². The molecule has 0 aliphatic carbocycles. The van der Waals surface area contributed by atoms with E-state index in [1.807, 2.05) is 5.38 Å². The van der Waals surface area contributed by atoms with E-state index in [9.17, 15) is 9.59 Å². The highest BCUT2D eigenvalue weighted by Gasteiger charge is 2.29. The van der Waals surface area contributed by atoms with Crippen LogP contribution in [-0.4, -0.2) is 59.8 Å². The number of rotatable bonds is 4. The third-order valence-corrected chi connectivity index (χ3v) is 3.84. The monoisotopic (exact) mass is 341 g/mol. The maximum Gasteiger partial charge on any atom is 0.408 e. The minimum Gasteiger partial charge on any atom is -0.444 e. The summed E-state index contributed by atoms with van der Waals surface area (Å²) in [5.74, 6) is -0.132. The van der Waals surface area contributed by atoms with Gasteiger partial charge in [0.05, 0.1) is 24.4 Å². The molecule has 2 amide bonds. The first-order valence-corrected chi connectivity index (χ1v) is 8.52. The number of alkyl carbamates (subject to hydrolysis) is 1. The van der Waals surface area contributed by atoms with Crippen molar-refractivity contribution in [3.63, 3.8) is 0 Å². The molecule has 0 bridgehead atoms. The van der Waals surface area contributed by atoms with Crippen LogP contribution >= 0.6 is 11.3 Å². The van der Waals surface area contributed by atoms with Gasteiger partial charge in [0.2, 0.25) is 5.91 Å². The highest BCUT2D eigenvalue weighted by Crippen LogP contribution is 2.11. The maximum atomic E-state index is 12.7. The minimum absolute atomic E-state index is 0.132. The normalized spacial score (nSPS) is 16.7. The van der Waals surface area contributed by atoms with Gasteiger partial charge in [-0.25, -0.2) is 9.78 Å². The second kappa shape index (κ2) is 7.74. The molecule has 0 spiro atoms. The molecule has 0 unspecified atom stereocenters. The summed E-state index contributed by atoms with van der Waals surface area (Å²) in [5.41, 5.74) is 1.87. The van der Waals surface area contributed by atoms with E-state index < -0.39 is 17.7 Å². The second-order valence-corrected chi connectivity index (χ2v) is 7.04. The van der Waals surface area contributed by atoms with Gasteiger partial charge in [0.1, 0.15) is 11.6 Å². The molecule has 128 valence electrons. The summed E-state index contributed by atoms with van der Waals surface area (Å²) < 4.78 is 10.5. The highest BCUT2D eigenvalue weighted by molar-refractivity contribution is 7.07. The smallest absolute Gasteiger partial charge is 0.408 e. The van der Waals surface area contributed by atoms with Crippen molar-refractivity contribution in [1.29, 1.82) is 0 Å². The van der Waals surface area contributed by atoms with Gasteiger partial charge in [-0.15, -0.1) is 11.3 Å². The Morgan fingerprint density at radius 3 is 2.70 bits per heavy atom. The third-order valence-electron chi connectivity index (χ3n) is 3.21. The van der Waals surface area contributed by atoms with Crippen LogP contribution in [0.3, 0.4) is 0 Å². The fourth-order valence-corrected chi connectivity index (χ4v) is 2.77. The Bertz CT molecular complexity index is 521. The van der Waals surface area contributed by atoms with Crippen molar-refractivity contribution in [1.82, 2.24) is 15.2 Å². The summed E-state index contributed by atoms with van der Waals surface area (Å²) in [6.45, 7) is 7.44. The number of nitrogens with one attached hydrogen (secondary N) is 1. The van der Waals surface area contributed by atoms with E-state index in [0.717, 1.165) is 5.69 Å². The topological polar surface area (TPSA) is 80.8 Å². The van der Waals surface area contributed by atoms with Crippen LogP contribution in [0.15, 0.2) is 10.9 Å². The lowest BCUT2D eigenvalue weighted by atomic mass is 10.1. The number of hydrogen-bond donors (Lipinski definition) is 1. The molecule has 1 saturated heterocycles. The molecule has 23 heavy (non-hydrogen) atoms. The van der Waals surface area contributed by atoms with Crippen molar-refractivity contribution < 1.29 is 19.1 Å². The number of hydrogen-bond acceptors (Lipinski definition) is 6. The number of carbonyl (C=O) groups is 2. The molecule has 1 aromatic rings. The molecule has 7 nitrogen and oxygen atoms in total. The summed E-state index contributed by atoms with van der Waals surface area (Å²) in [4.78, 5) is 30.6. The average molecular weight is 341 g/mol. The predicted molar refractivity (Wildman–Crippen MR) is 86.4 cm³/mol. The number of morpholine rings is 1. The van der Waals surface area contributed by atoms with E-state index in [4.69, 9.17) is 9.47 Å². The van der Waals surface area contributed by atoms with E-state index in [2.05, 4.69) is 10.3 Å². The largest absolute Gasteiger partial charge is 0.444 e. The number of carbonyl (C=O) groups excluding carboxylic acids is 2. The van der Waals surface area contributed by atoms with Crippen LogP contribution in [0, 0.1) is 0 Å². The van der Waals surface area contributed by atoms with Crippen LogP contribution in [0.5, 0.6) is 0 Å². The number of thiazole rings is 1. The van der Waals surface area contributed by atoms with Gasteiger partial charge in [0.25, 0.3) is 0 Å². The zero-order valence-electron chi connectivity index (χ0n) is 13.7. The van der Waals surface area contributed by atoms with Gasteiger partial charge in [-0.2, -0.15) is 0 Å². The molecule has 0 saturated carbocycles. The van der Waals surface area contributed by atoms with E-state index in [0.29, 0.717) is 32.7 Å². The zero-order chi connectivity index (χ0) is 16.9. The molecule has 0 radical (unpaired) electrons. The molecule has 1 N–H and O–H groups in total. The van der Waals surface area contributed by atoms with Crippen molar-refractivity contribution in [2.45, 2.75) is 38.8 Å². The maximum absolute atomic E-state index is 12.7. The van der Waals surface area contributed by atoms with Crippen molar-refractivity contribution in [3.8, 4) is 0 Å². The first-order chi connectivity index (χ1) is 10.8. The first-order valence-electron chi connectivity index (χ1n) is 7.58. The molecular formula is C15H23N3O4S. The SMILES string of the molecule is CC(C)(C)OC(=O)N[C@@H](Cc1cscn1)C(=O)N1CCOCC1. The summed E-state index contributed by atoms with van der Waals surface area (Å²) in [6.07, 6.45) is -0.252. The molecule has 1 aliphatic rings. The van der Waals surface area contributed by atoms with E-state index in [1.54, 1.807) is 31.2 Å². The van der Waals surface area contributed by atoms with Crippen LogP contribution in [0.2, 0.25) is 0 Å². The van der Waals surface area contributed by atoms with Gasteiger partial charge in [-0.05, 0) is 20.8 Å². The van der Waals surface area contributed by atoms with Crippen molar-refractivity contribution in [3.05, 3.63) is 16.6 Å². The van der Waals surface area contributed by atoms with Crippen LogP contribution in [-0.2, 0) is 20.7 Å². The minimum atomic E-state index is -0.690. The lowest BCUT2D eigenvalue weighted by Gasteiger charge is -2.31. The Balaban J connectivity index is 2.04. The van der Waals surface area contributed by atoms with Gasteiger partial charge >= 0.3 is 6.09 Å². The second-order valence-electron chi connectivity index (χ2n) is 6.32. The van der Waals surface area contributed by atoms with Crippen LogP contribution in [0.4, 0.5) is 4.79 Å². The molecule has 8 heteroatoms. The molecular weight excluding hydrogens is 318 g/mol. The van der Waals surface area contributed by atoms with Gasteiger partial charge in [-0.3, -0.25) is 4.79 Å². The van der Waals surface area contributed by atoms with E-state index >= 15 is 0 Å². The van der Waals surface area contributed by atoms with Crippen LogP contribution in [0.25, 0.3) is 0 Å². The number of amides is 2. The zero-order valence-corrected chi connectivity index (χ0v) is 14.5. The summed E-state index contributed by atoms with van der Waals surface area (Å²) in [6, 6.07) is -0.690. The predicted octanol–water partition coefficient (Wildman–Crippen LogP) is 1.44. The fraction of sp³-hybridized carbons (Fsp3) is 0.667. The Labute approximate surface area is 140 Å².